The van der Waals surface area contributed by atoms with Gasteiger partial charge in [-0.1, -0.05) is 12.8 Å². The van der Waals surface area contributed by atoms with Crippen LogP contribution in [-0.2, 0) is 9.53 Å². The number of unbranched alkanes of at least 4 members (excludes halogenated alkanes) is 3. The van der Waals surface area contributed by atoms with E-state index < -0.39 is 17.7 Å². The summed E-state index contributed by atoms with van der Waals surface area (Å²) in [6, 6.07) is -0.277. The van der Waals surface area contributed by atoms with Crippen molar-refractivity contribution >= 4 is 12.0 Å². The van der Waals surface area contributed by atoms with Gasteiger partial charge in [-0.2, -0.15) is 0 Å². The molecule has 0 aromatic rings. The third kappa shape index (κ3) is 5.64. The molecular formula is C23H39FN2O3. The molecule has 0 aromatic carbocycles. The molecule has 4 bridgehead atoms. The molecule has 0 heterocycles. The van der Waals surface area contributed by atoms with Crippen LogP contribution in [0.2, 0.25) is 0 Å². The Labute approximate surface area is 174 Å². The molecule has 1 unspecified atom stereocenters. The lowest BCUT2D eigenvalue weighted by Crippen LogP contribution is -2.62. The topological polar surface area (TPSA) is 72.6 Å². The van der Waals surface area contributed by atoms with Crippen LogP contribution in [0, 0.1) is 17.8 Å². The number of carbonyl (C=O) groups excluding carboxylic acids is 2. The van der Waals surface area contributed by atoms with Gasteiger partial charge in [-0.25, -0.2) is 14.0 Å². The highest BCUT2D eigenvalue weighted by molar-refractivity contribution is 5.74. The number of ether oxygens (including phenoxy) is 1. The minimum atomic E-state index is -1.55. The maximum Gasteiger partial charge on any atom is 0.341 e. The summed E-state index contributed by atoms with van der Waals surface area (Å²) in [5.41, 5.74) is 5.15. The van der Waals surface area contributed by atoms with Crippen molar-refractivity contribution in [1.29, 1.82) is 0 Å². The first kappa shape index (κ1) is 22.4. The maximum absolute atomic E-state index is 13.9. The Morgan fingerprint density at radius 3 is 2.03 bits per heavy atom. The summed E-state index contributed by atoms with van der Waals surface area (Å²) in [7, 11) is 0. The number of urea groups is 1. The number of carbonyl (C=O) groups is 2. The van der Waals surface area contributed by atoms with Gasteiger partial charge in [-0.05, 0) is 96.3 Å². The number of hydrogen-bond donors (Lipinski definition) is 1. The molecule has 1 atom stereocenters. The number of alkyl halides is 1. The fraction of sp³-hybridized carbons (Fsp3) is 0.913. The molecule has 0 aliphatic heterocycles. The monoisotopic (exact) mass is 410 g/mol. The predicted molar refractivity (Wildman–Crippen MR) is 111 cm³/mol. The van der Waals surface area contributed by atoms with E-state index in [1.165, 1.54) is 19.3 Å². The quantitative estimate of drug-likeness (QED) is 0.431. The van der Waals surface area contributed by atoms with E-state index >= 15 is 0 Å². The second kappa shape index (κ2) is 8.81. The van der Waals surface area contributed by atoms with Crippen LogP contribution in [0.25, 0.3) is 0 Å². The van der Waals surface area contributed by atoms with Crippen molar-refractivity contribution in [3.63, 3.8) is 0 Å². The first-order valence-electron chi connectivity index (χ1n) is 11.5. The molecule has 4 aliphatic carbocycles. The summed E-state index contributed by atoms with van der Waals surface area (Å²) >= 11 is 0. The standard InChI is InChI=1S/C23H39FN2O3/c1-22(2,3)29-20(27)19(24)8-6-4-5-7-9-26(21(25)28)23-13-16-10-17(14-23)12-18(11-16)15-23/h16-19H,4-15H2,1-3H3,(H2,25,28). The summed E-state index contributed by atoms with van der Waals surface area (Å²) < 4.78 is 19.0. The minimum Gasteiger partial charge on any atom is -0.458 e. The zero-order valence-corrected chi connectivity index (χ0v) is 18.4. The lowest BCUT2D eigenvalue weighted by Gasteiger charge is -2.60. The van der Waals surface area contributed by atoms with Crippen LogP contribution < -0.4 is 5.73 Å². The third-order valence-electron chi connectivity index (χ3n) is 7.10. The van der Waals surface area contributed by atoms with Crippen LogP contribution in [-0.4, -0.2) is 40.8 Å². The predicted octanol–water partition coefficient (Wildman–Crippen LogP) is 4.97. The Morgan fingerprint density at radius 1 is 1.03 bits per heavy atom. The van der Waals surface area contributed by atoms with Crippen LogP contribution in [0.5, 0.6) is 0 Å². The van der Waals surface area contributed by atoms with E-state index in [1.807, 2.05) is 4.90 Å². The molecule has 4 aliphatic rings. The molecule has 5 nitrogen and oxygen atoms in total. The number of nitrogens with two attached hydrogens (primary N) is 1. The fourth-order valence-electron chi connectivity index (χ4n) is 6.41. The van der Waals surface area contributed by atoms with Gasteiger partial charge in [0.25, 0.3) is 0 Å². The van der Waals surface area contributed by atoms with Gasteiger partial charge in [0.05, 0.1) is 0 Å². The summed E-state index contributed by atoms with van der Waals surface area (Å²) in [4.78, 5) is 25.9. The van der Waals surface area contributed by atoms with Gasteiger partial charge in [0.15, 0.2) is 6.17 Å². The number of nitrogens with zero attached hydrogens (tertiary/aromatic N) is 1. The van der Waals surface area contributed by atoms with E-state index in [0.29, 0.717) is 13.0 Å². The average Bonchev–Trinajstić information content (AvgIpc) is 2.57. The minimum absolute atomic E-state index is 0.00132. The number of rotatable bonds is 9. The largest absolute Gasteiger partial charge is 0.458 e. The highest BCUT2D eigenvalue weighted by atomic mass is 19.1. The van der Waals surface area contributed by atoms with Crippen LogP contribution in [0.3, 0.4) is 0 Å². The van der Waals surface area contributed by atoms with E-state index in [0.717, 1.165) is 56.3 Å². The van der Waals surface area contributed by atoms with Crippen molar-refractivity contribution in [2.75, 3.05) is 6.54 Å². The van der Waals surface area contributed by atoms with Gasteiger partial charge in [0.1, 0.15) is 5.60 Å². The number of esters is 1. The molecule has 4 rings (SSSR count). The van der Waals surface area contributed by atoms with E-state index in [9.17, 15) is 14.0 Å². The highest BCUT2D eigenvalue weighted by Crippen LogP contribution is 2.57. The Hall–Kier alpha value is -1.33. The second-order valence-electron chi connectivity index (χ2n) is 10.8. The molecule has 0 spiro atoms. The van der Waals surface area contributed by atoms with Gasteiger partial charge >= 0.3 is 12.0 Å². The van der Waals surface area contributed by atoms with Gasteiger partial charge in [0, 0.05) is 12.1 Å². The van der Waals surface area contributed by atoms with E-state index in [-0.39, 0.29) is 18.0 Å². The maximum atomic E-state index is 13.9. The first-order chi connectivity index (χ1) is 13.6. The van der Waals surface area contributed by atoms with Crippen molar-refractivity contribution in [3.8, 4) is 0 Å². The first-order valence-corrected chi connectivity index (χ1v) is 11.5. The number of halogens is 1. The zero-order chi connectivity index (χ0) is 21.2. The van der Waals surface area contributed by atoms with Gasteiger partial charge < -0.3 is 15.4 Å². The summed E-state index contributed by atoms with van der Waals surface area (Å²) in [5, 5.41) is 0. The van der Waals surface area contributed by atoms with Crippen molar-refractivity contribution in [2.24, 2.45) is 23.5 Å². The number of hydrogen-bond acceptors (Lipinski definition) is 3. The molecule has 29 heavy (non-hydrogen) atoms. The van der Waals surface area contributed by atoms with E-state index in [4.69, 9.17) is 10.5 Å². The SMILES string of the molecule is CC(C)(C)OC(=O)C(F)CCCCCCN(C(N)=O)C12CC3CC(CC(C3)C1)C2. The molecular weight excluding hydrogens is 371 g/mol. The van der Waals surface area contributed by atoms with Gasteiger partial charge in [0.2, 0.25) is 0 Å². The van der Waals surface area contributed by atoms with E-state index in [1.54, 1.807) is 20.8 Å². The smallest absolute Gasteiger partial charge is 0.341 e. The van der Waals surface area contributed by atoms with Crippen LogP contribution in [0.15, 0.2) is 0 Å². The van der Waals surface area contributed by atoms with Gasteiger partial charge in [-0.15, -0.1) is 0 Å². The molecule has 6 heteroatoms. The lowest BCUT2D eigenvalue weighted by molar-refractivity contribution is -0.161. The lowest BCUT2D eigenvalue weighted by atomic mass is 9.52. The summed E-state index contributed by atoms with van der Waals surface area (Å²) in [6.07, 6.45) is 9.34. The number of amides is 2. The van der Waals surface area contributed by atoms with Crippen molar-refractivity contribution in [1.82, 2.24) is 4.90 Å². The van der Waals surface area contributed by atoms with Crippen molar-refractivity contribution < 1.29 is 18.7 Å². The Bertz CT molecular complexity index is 566. The summed E-state index contributed by atoms with van der Waals surface area (Å²) in [5.74, 6) is 1.56. The van der Waals surface area contributed by atoms with E-state index in [2.05, 4.69) is 0 Å². The number of primary amides is 1. The molecule has 0 saturated heterocycles. The Balaban J connectivity index is 1.39. The zero-order valence-electron chi connectivity index (χ0n) is 18.4. The van der Waals surface area contributed by atoms with Crippen molar-refractivity contribution in [3.05, 3.63) is 0 Å². The van der Waals surface area contributed by atoms with Crippen LogP contribution >= 0.6 is 0 Å². The Morgan fingerprint density at radius 2 is 1.55 bits per heavy atom. The molecule has 4 saturated carbocycles. The van der Waals surface area contributed by atoms with Gasteiger partial charge in [-0.3, -0.25) is 0 Å². The normalized spacial score (nSPS) is 31.5. The molecule has 166 valence electrons. The molecule has 2 N–H and O–H groups in total. The van der Waals surface area contributed by atoms with Crippen molar-refractivity contribution in [2.45, 2.75) is 109 Å². The van der Waals surface area contributed by atoms with Crippen LogP contribution in [0.1, 0.15) is 91.4 Å². The third-order valence-corrected chi connectivity index (χ3v) is 7.10. The Kier molecular flexibility index (Phi) is 6.79. The molecule has 0 aromatic heterocycles. The molecule has 2 amide bonds. The molecule has 4 fully saturated rings. The summed E-state index contributed by atoms with van der Waals surface area (Å²) in [6.45, 7) is 5.93. The second-order valence-corrected chi connectivity index (χ2v) is 10.8. The average molecular weight is 411 g/mol. The fourth-order valence-corrected chi connectivity index (χ4v) is 6.41. The highest BCUT2D eigenvalue weighted by Gasteiger charge is 2.54. The molecule has 0 radical (unpaired) electrons. The van der Waals surface area contributed by atoms with Crippen LogP contribution in [0.4, 0.5) is 9.18 Å².